The summed E-state index contributed by atoms with van der Waals surface area (Å²) >= 11 is 0. The Labute approximate surface area is 165 Å². The van der Waals surface area contributed by atoms with Crippen molar-refractivity contribution in [3.8, 4) is 11.3 Å². The summed E-state index contributed by atoms with van der Waals surface area (Å²) in [7, 11) is 0. The summed E-state index contributed by atoms with van der Waals surface area (Å²) in [6.07, 6.45) is -4.72. The van der Waals surface area contributed by atoms with Gasteiger partial charge < -0.3 is 0 Å². The lowest BCUT2D eigenvalue weighted by atomic mass is 10.0. The second-order valence-electron chi connectivity index (χ2n) is 6.56. The van der Waals surface area contributed by atoms with Gasteiger partial charge in [-0.05, 0) is 30.3 Å². The average Bonchev–Trinajstić information content (AvgIpc) is 3.02. The zero-order valence-electron chi connectivity index (χ0n) is 14.9. The molecule has 0 radical (unpaired) electrons. The number of halogens is 7. The number of hydrogen-bond donors (Lipinski definition) is 0. The summed E-state index contributed by atoms with van der Waals surface area (Å²) in [5, 5.41) is 4.02. The minimum Gasteiger partial charge on any atom is -0.259 e. The van der Waals surface area contributed by atoms with E-state index in [0.717, 1.165) is 22.9 Å². The SMILES string of the molecule is Fc1ccc(-c2c3cccc(C(F)(F)F)c3nn2Cc2c(F)cc(F)cc2F)cc1. The molecule has 1 heterocycles. The van der Waals surface area contributed by atoms with Gasteiger partial charge in [0.05, 0.1) is 17.8 Å². The molecule has 0 unspecified atom stereocenters. The summed E-state index contributed by atoms with van der Waals surface area (Å²) < 4.78 is 96.2. The Bertz CT molecular complexity index is 1220. The van der Waals surface area contributed by atoms with Gasteiger partial charge in [-0.2, -0.15) is 18.3 Å². The lowest BCUT2D eigenvalue weighted by Crippen LogP contribution is -2.09. The van der Waals surface area contributed by atoms with Crippen molar-refractivity contribution < 1.29 is 30.7 Å². The van der Waals surface area contributed by atoms with Crippen molar-refractivity contribution in [2.45, 2.75) is 12.7 Å². The van der Waals surface area contributed by atoms with Crippen LogP contribution in [0, 0.1) is 23.3 Å². The molecule has 4 rings (SSSR count). The number of hydrogen-bond acceptors (Lipinski definition) is 1. The molecular formula is C21H11F7N2. The quantitative estimate of drug-likeness (QED) is 0.352. The van der Waals surface area contributed by atoms with E-state index in [1.165, 1.54) is 24.3 Å². The van der Waals surface area contributed by atoms with Crippen LogP contribution in [0.25, 0.3) is 22.2 Å². The normalized spacial score (nSPS) is 12.0. The molecule has 0 fully saturated rings. The van der Waals surface area contributed by atoms with Gasteiger partial charge in [-0.25, -0.2) is 17.6 Å². The minimum atomic E-state index is -4.72. The fraction of sp³-hybridized carbons (Fsp3) is 0.0952. The minimum absolute atomic E-state index is 0.0689. The molecule has 4 aromatic rings. The van der Waals surface area contributed by atoms with Gasteiger partial charge in [0.1, 0.15) is 28.8 Å². The van der Waals surface area contributed by atoms with Crippen LogP contribution in [-0.2, 0) is 12.7 Å². The van der Waals surface area contributed by atoms with Crippen molar-refractivity contribution in [3.63, 3.8) is 0 Å². The van der Waals surface area contributed by atoms with Gasteiger partial charge in [0.15, 0.2) is 0 Å². The molecule has 0 amide bonds. The highest BCUT2D eigenvalue weighted by molar-refractivity contribution is 5.95. The molecule has 0 bridgehead atoms. The van der Waals surface area contributed by atoms with Crippen LogP contribution in [0.3, 0.4) is 0 Å². The molecule has 154 valence electrons. The van der Waals surface area contributed by atoms with E-state index >= 15 is 0 Å². The van der Waals surface area contributed by atoms with E-state index in [0.29, 0.717) is 17.7 Å². The molecule has 0 N–H and O–H groups in total. The third-order valence-electron chi connectivity index (χ3n) is 4.61. The molecule has 0 atom stereocenters. The second-order valence-corrected chi connectivity index (χ2v) is 6.56. The maximum Gasteiger partial charge on any atom is 0.418 e. The molecule has 1 aromatic heterocycles. The average molecular weight is 424 g/mol. The summed E-state index contributed by atoms with van der Waals surface area (Å²) in [5.74, 6) is -4.10. The highest BCUT2D eigenvalue weighted by atomic mass is 19.4. The van der Waals surface area contributed by atoms with Gasteiger partial charge in [-0.15, -0.1) is 0 Å². The first-order valence-electron chi connectivity index (χ1n) is 8.61. The maximum atomic E-state index is 14.2. The Kier molecular flexibility index (Phi) is 4.76. The van der Waals surface area contributed by atoms with Gasteiger partial charge in [-0.3, -0.25) is 4.68 Å². The van der Waals surface area contributed by atoms with E-state index in [2.05, 4.69) is 5.10 Å². The van der Waals surface area contributed by atoms with Crippen LogP contribution >= 0.6 is 0 Å². The predicted molar refractivity (Wildman–Crippen MR) is 95.5 cm³/mol. The van der Waals surface area contributed by atoms with Crippen molar-refractivity contribution >= 4 is 10.9 Å². The number of fused-ring (bicyclic) bond motifs is 1. The number of benzene rings is 3. The van der Waals surface area contributed by atoms with Gasteiger partial charge >= 0.3 is 6.18 Å². The Balaban J connectivity index is 1.99. The van der Waals surface area contributed by atoms with Gasteiger partial charge in [-0.1, -0.05) is 12.1 Å². The molecule has 2 nitrogen and oxygen atoms in total. The van der Waals surface area contributed by atoms with E-state index in [1.54, 1.807) is 0 Å². The third-order valence-corrected chi connectivity index (χ3v) is 4.61. The van der Waals surface area contributed by atoms with Crippen LogP contribution in [0.2, 0.25) is 0 Å². The van der Waals surface area contributed by atoms with Gasteiger partial charge in [0.2, 0.25) is 0 Å². The zero-order chi connectivity index (χ0) is 21.6. The Hall–Kier alpha value is -3.36. The monoisotopic (exact) mass is 424 g/mol. The van der Waals surface area contributed by atoms with Crippen molar-refractivity contribution in [2.75, 3.05) is 0 Å². The molecule has 0 aliphatic rings. The molecule has 0 saturated heterocycles. The lowest BCUT2D eigenvalue weighted by molar-refractivity contribution is -0.136. The zero-order valence-corrected chi connectivity index (χ0v) is 14.9. The van der Waals surface area contributed by atoms with Crippen molar-refractivity contribution in [1.82, 2.24) is 9.78 Å². The summed E-state index contributed by atoms with van der Waals surface area (Å²) in [6, 6.07) is 9.19. The van der Waals surface area contributed by atoms with Crippen molar-refractivity contribution in [1.29, 1.82) is 0 Å². The maximum absolute atomic E-state index is 14.2. The van der Waals surface area contributed by atoms with E-state index in [-0.39, 0.29) is 11.1 Å². The highest BCUT2D eigenvalue weighted by Crippen LogP contribution is 2.38. The summed E-state index contributed by atoms with van der Waals surface area (Å²) in [5.41, 5.74) is -1.61. The first-order valence-corrected chi connectivity index (χ1v) is 8.61. The van der Waals surface area contributed by atoms with E-state index < -0.39 is 52.6 Å². The smallest absolute Gasteiger partial charge is 0.259 e. The van der Waals surface area contributed by atoms with Crippen LogP contribution in [0.5, 0.6) is 0 Å². The van der Waals surface area contributed by atoms with Gasteiger partial charge in [0, 0.05) is 28.6 Å². The van der Waals surface area contributed by atoms with Crippen LogP contribution in [0.1, 0.15) is 11.1 Å². The number of rotatable bonds is 3. The number of alkyl halides is 3. The molecule has 0 spiro atoms. The van der Waals surface area contributed by atoms with Crippen LogP contribution in [0.4, 0.5) is 30.7 Å². The second kappa shape index (κ2) is 7.16. The van der Waals surface area contributed by atoms with Crippen LogP contribution in [0.15, 0.2) is 54.6 Å². The summed E-state index contributed by atoms with van der Waals surface area (Å²) in [6.45, 7) is -0.601. The third kappa shape index (κ3) is 3.51. The number of aromatic nitrogens is 2. The fourth-order valence-electron chi connectivity index (χ4n) is 3.28. The van der Waals surface area contributed by atoms with E-state index in [1.807, 2.05) is 0 Å². The molecule has 9 heteroatoms. The summed E-state index contributed by atoms with van der Waals surface area (Å²) in [4.78, 5) is 0. The fourth-order valence-corrected chi connectivity index (χ4v) is 3.28. The topological polar surface area (TPSA) is 17.8 Å². The predicted octanol–water partition coefficient (Wildman–Crippen LogP) is 6.33. The molecule has 0 saturated carbocycles. The van der Waals surface area contributed by atoms with Crippen molar-refractivity contribution in [2.24, 2.45) is 0 Å². The highest BCUT2D eigenvalue weighted by Gasteiger charge is 2.34. The Morgan fingerprint density at radius 3 is 2.03 bits per heavy atom. The van der Waals surface area contributed by atoms with Crippen LogP contribution in [-0.4, -0.2) is 9.78 Å². The van der Waals surface area contributed by atoms with Gasteiger partial charge in [0.25, 0.3) is 0 Å². The lowest BCUT2D eigenvalue weighted by Gasteiger charge is -2.10. The molecule has 3 aromatic carbocycles. The van der Waals surface area contributed by atoms with E-state index in [4.69, 9.17) is 0 Å². The first kappa shape index (κ1) is 19.9. The largest absolute Gasteiger partial charge is 0.418 e. The number of nitrogens with zero attached hydrogens (tertiary/aromatic N) is 2. The Morgan fingerprint density at radius 2 is 1.43 bits per heavy atom. The molecule has 0 aliphatic heterocycles. The van der Waals surface area contributed by atoms with Crippen molar-refractivity contribution in [3.05, 3.63) is 89.0 Å². The van der Waals surface area contributed by atoms with E-state index in [9.17, 15) is 30.7 Å². The Morgan fingerprint density at radius 1 is 0.800 bits per heavy atom. The standard InChI is InChI=1S/C21H11F7N2/c22-12-6-4-11(5-7-12)20-14-2-1-3-16(21(26,27)28)19(14)29-30(20)10-15-17(24)8-13(23)9-18(15)25/h1-9H,10H2. The molecule has 0 aliphatic carbocycles. The molecular weight excluding hydrogens is 413 g/mol. The first-order chi connectivity index (χ1) is 14.1. The van der Waals surface area contributed by atoms with Crippen LogP contribution < -0.4 is 0 Å². The molecule has 30 heavy (non-hydrogen) atoms.